The number of benzene rings is 2. The monoisotopic (exact) mass is 850 g/mol. The van der Waals surface area contributed by atoms with Gasteiger partial charge in [0.1, 0.15) is 0 Å². The third-order valence-electron chi connectivity index (χ3n) is 6.25. The molecule has 2 rings (SSSR count). The topological polar surface area (TPSA) is 136 Å². The summed E-state index contributed by atoms with van der Waals surface area (Å²) < 4.78 is 67.4. The highest BCUT2D eigenvalue weighted by Crippen LogP contribution is 2.72. The quantitative estimate of drug-likeness (QED) is 0.0597. The molecule has 0 aromatic heterocycles. The van der Waals surface area contributed by atoms with Crippen LogP contribution >= 0.6 is 29.3 Å². The fourth-order valence-corrected chi connectivity index (χ4v) is 12.1. The van der Waals surface area contributed by atoms with Gasteiger partial charge in [0.15, 0.2) is 16.9 Å². The minimum absolute atomic E-state index is 0.0992. The molecule has 0 amide bonds. The summed E-state index contributed by atoms with van der Waals surface area (Å²) >= 11 is 11.0. The Morgan fingerprint density at radius 3 is 1.30 bits per heavy atom. The Morgan fingerprint density at radius 1 is 0.623 bits per heavy atom. The normalized spacial score (nSPS) is 13.4. The van der Waals surface area contributed by atoms with Gasteiger partial charge in [0, 0.05) is 13.3 Å². The lowest BCUT2D eigenvalue weighted by molar-refractivity contribution is 0.118. The van der Waals surface area contributed by atoms with Gasteiger partial charge in [0.25, 0.3) is 0 Å². The third-order valence-corrected chi connectivity index (χ3v) is 16.3. The number of hydrogen-bond donors (Lipinski definition) is 0. The molecule has 14 nitrogen and oxygen atoms in total. The lowest BCUT2D eigenvalue weighted by Gasteiger charge is -2.36. The molecule has 53 heavy (non-hydrogen) atoms. The minimum atomic E-state index is -4.07. The van der Waals surface area contributed by atoms with Crippen LogP contribution in [0.15, 0.2) is 63.8 Å². The van der Waals surface area contributed by atoms with Crippen LogP contribution in [0.3, 0.4) is 0 Å². The average molecular weight is 851 g/mol. The SMILES string of the molecule is C/C=N\N(C)[P+](=S)Oc1ccc(/C=N\N(C)[P+](=S)Oc2ccc(/C=N\N(C)CC(P(=O)(OC(C)C)OC(C)C)P(=O)(OC(C)C)OC(C)C)cc2)cc1. The predicted molar refractivity (Wildman–Crippen MR) is 224 cm³/mol. The second-order valence-corrected chi connectivity index (χ2v) is 21.7. The van der Waals surface area contributed by atoms with Gasteiger partial charge in [-0.25, -0.2) is 0 Å². The molecule has 0 aliphatic heterocycles. The van der Waals surface area contributed by atoms with Crippen LogP contribution in [0.5, 0.6) is 11.5 Å². The lowest BCUT2D eigenvalue weighted by Crippen LogP contribution is -2.31. The van der Waals surface area contributed by atoms with Crippen LogP contribution in [0, 0.1) is 0 Å². The molecular weight excluding hydrogens is 796 g/mol. The molecule has 0 radical (unpaired) electrons. The molecule has 0 saturated heterocycles. The zero-order chi connectivity index (χ0) is 39.9. The first kappa shape index (κ1) is 46.9. The van der Waals surface area contributed by atoms with Gasteiger partial charge in [-0.3, -0.25) is 23.2 Å². The van der Waals surface area contributed by atoms with Crippen molar-refractivity contribution in [2.75, 3.05) is 27.7 Å². The summed E-state index contributed by atoms with van der Waals surface area (Å²) in [5.41, 5.74) is 1.60. The maximum atomic E-state index is 14.4. The molecule has 20 heteroatoms. The molecule has 0 aliphatic carbocycles. The number of hydrazone groups is 3. The molecular formula is C33H54N6O8P4S2+2. The minimum Gasteiger partial charge on any atom is -0.305 e. The second kappa shape index (κ2) is 22.4. The van der Waals surface area contributed by atoms with Crippen molar-refractivity contribution in [1.29, 1.82) is 0 Å². The Bertz CT molecular complexity index is 1600. The van der Waals surface area contributed by atoms with Gasteiger partial charge in [-0.1, -0.05) is 9.56 Å². The van der Waals surface area contributed by atoms with Gasteiger partial charge >= 0.3 is 29.3 Å². The van der Waals surface area contributed by atoms with Crippen LogP contribution in [-0.2, 0) is 50.8 Å². The predicted octanol–water partition coefficient (Wildman–Crippen LogP) is 9.57. The molecule has 294 valence electrons. The Morgan fingerprint density at radius 2 is 0.962 bits per heavy atom. The van der Waals surface area contributed by atoms with Crippen molar-refractivity contribution in [3.8, 4) is 11.5 Å². The van der Waals surface area contributed by atoms with Crippen LogP contribution in [0.2, 0.25) is 0 Å². The number of hydrogen-bond acceptors (Lipinski definition) is 14. The zero-order valence-corrected chi connectivity index (χ0v) is 37.7. The van der Waals surface area contributed by atoms with Crippen molar-refractivity contribution >= 4 is 71.6 Å². The van der Waals surface area contributed by atoms with E-state index in [0.717, 1.165) is 11.1 Å². The van der Waals surface area contributed by atoms with Gasteiger partial charge in [0.2, 0.25) is 23.6 Å². The van der Waals surface area contributed by atoms with Gasteiger partial charge in [-0.05, 0) is 122 Å². The molecule has 0 heterocycles. The average Bonchev–Trinajstić information content (AvgIpc) is 3.04. The first-order chi connectivity index (χ1) is 24.8. The summed E-state index contributed by atoms with van der Waals surface area (Å²) in [4.78, 5) is 0. The summed E-state index contributed by atoms with van der Waals surface area (Å²) in [6.45, 7) is 15.6. The van der Waals surface area contributed by atoms with Crippen LogP contribution < -0.4 is 9.05 Å². The van der Waals surface area contributed by atoms with E-state index < -0.39 is 59.2 Å². The van der Waals surface area contributed by atoms with E-state index in [-0.39, 0.29) is 6.54 Å². The summed E-state index contributed by atoms with van der Waals surface area (Å²) in [5.74, 6) is 1.21. The van der Waals surface area contributed by atoms with E-state index >= 15 is 0 Å². The maximum Gasteiger partial charge on any atom is 0.540 e. The Balaban J connectivity index is 2.14. The van der Waals surface area contributed by atoms with Crippen molar-refractivity contribution in [3.05, 3.63) is 59.7 Å². The molecule has 2 aromatic carbocycles. The Kier molecular flexibility index (Phi) is 19.8. The van der Waals surface area contributed by atoms with Crippen molar-refractivity contribution in [3.63, 3.8) is 0 Å². The van der Waals surface area contributed by atoms with Crippen molar-refractivity contribution in [1.82, 2.24) is 14.6 Å². The highest BCUT2D eigenvalue weighted by atomic mass is 32.4. The molecule has 0 bridgehead atoms. The first-order valence-corrected chi connectivity index (χ1v) is 24.6. The van der Waals surface area contributed by atoms with Crippen molar-refractivity contribution < 1.29 is 36.3 Å². The summed E-state index contributed by atoms with van der Waals surface area (Å²) in [6.07, 6.45) is 3.04. The van der Waals surface area contributed by atoms with E-state index in [9.17, 15) is 9.13 Å². The maximum absolute atomic E-state index is 14.4. The summed E-state index contributed by atoms with van der Waals surface area (Å²) in [5, 5.41) is 13.3. The van der Waals surface area contributed by atoms with Crippen molar-refractivity contribution in [2.24, 2.45) is 15.3 Å². The van der Waals surface area contributed by atoms with Gasteiger partial charge in [-0.15, -0.1) is 10.2 Å². The molecule has 2 aromatic rings. The van der Waals surface area contributed by atoms with Crippen molar-refractivity contribution in [2.45, 2.75) is 92.1 Å². The second-order valence-electron chi connectivity index (χ2n) is 12.7. The fourth-order valence-electron chi connectivity index (χ4n) is 4.26. The summed E-state index contributed by atoms with van der Waals surface area (Å²) in [7, 11) is -5.76. The molecule has 0 saturated carbocycles. The smallest absolute Gasteiger partial charge is 0.305 e. The van der Waals surface area contributed by atoms with E-state index in [1.807, 2.05) is 43.3 Å². The Labute approximate surface area is 327 Å². The zero-order valence-electron chi connectivity index (χ0n) is 32.5. The standard InChI is InChI=1S/C33H54N6O8P4S2/c1-13-34-38(11)48(52)42-31-20-16-30(17-21-31)23-36-39(12)49(53)43-32-18-14-29(15-19-32)22-35-37(10)24-33(50(40,44-25(2)3)45-26(4)5)51(41,46-27(6)7)47-28(8)9/h13-23,25-28,33H,24H2,1-12H3/q+2/b34-13-,35-22-,36-23-. The molecule has 0 fully saturated rings. The molecule has 0 spiro atoms. The van der Waals surface area contributed by atoms with E-state index in [4.69, 9.17) is 50.8 Å². The summed E-state index contributed by atoms with van der Waals surface area (Å²) in [6, 6.07) is 14.6. The number of rotatable bonds is 23. The highest BCUT2D eigenvalue weighted by Gasteiger charge is 2.53. The first-order valence-electron chi connectivity index (χ1n) is 17.0. The van der Waals surface area contributed by atoms with E-state index in [2.05, 4.69) is 15.3 Å². The lowest BCUT2D eigenvalue weighted by atomic mass is 10.2. The largest absolute Gasteiger partial charge is 0.540 e. The third kappa shape index (κ3) is 16.6. The molecule has 0 aliphatic rings. The van der Waals surface area contributed by atoms with Crippen LogP contribution in [-0.4, -0.2) is 90.7 Å². The van der Waals surface area contributed by atoms with Crippen LogP contribution in [0.1, 0.15) is 73.4 Å². The van der Waals surface area contributed by atoms with Gasteiger partial charge < -0.3 is 18.1 Å². The molecule has 2 unspecified atom stereocenters. The van der Waals surface area contributed by atoms with Crippen LogP contribution in [0.4, 0.5) is 0 Å². The molecule has 2 atom stereocenters. The highest BCUT2D eigenvalue weighted by molar-refractivity contribution is 8.02. The van der Waals surface area contributed by atoms with E-state index in [1.165, 1.54) is 5.01 Å². The van der Waals surface area contributed by atoms with Crippen LogP contribution in [0.25, 0.3) is 0 Å². The van der Waals surface area contributed by atoms with E-state index in [0.29, 0.717) is 11.5 Å². The van der Waals surface area contributed by atoms with E-state index in [1.54, 1.807) is 117 Å². The molecule has 0 N–H and O–H groups in total. The van der Waals surface area contributed by atoms with Gasteiger partial charge in [0.05, 0.1) is 57.5 Å². The Hall–Kier alpha value is -2.21. The fraction of sp³-hybridized carbons (Fsp3) is 0.545. The van der Waals surface area contributed by atoms with Gasteiger partial charge in [-0.2, -0.15) is 5.10 Å². The number of nitrogens with zero attached hydrogens (tertiary/aromatic N) is 6.